The maximum Gasteiger partial charge on any atom is 0.256 e. The fourth-order valence-electron chi connectivity index (χ4n) is 3.59. The lowest BCUT2D eigenvalue weighted by atomic mass is 9.72. The zero-order valence-corrected chi connectivity index (χ0v) is 18.0. The van der Waals surface area contributed by atoms with Gasteiger partial charge in [0.05, 0.1) is 30.5 Å². The van der Waals surface area contributed by atoms with Crippen LogP contribution in [0.4, 0.5) is 5.69 Å². The Hall–Kier alpha value is -1.72. The molecular formula is C21H26ClNO3S. The van der Waals surface area contributed by atoms with Gasteiger partial charge in [0.1, 0.15) is 11.5 Å². The molecule has 1 aliphatic rings. The number of methoxy groups -OCH3 is 2. The molecule has 146 valence electrons. The largest absolute Gasteiger partial charge is 0.495 e. The molecule has 4 nitrogen and oxygen atoms in total. The Kier molecular flexibility index (Phi) is 5.73. The highest BCUT2D eigenvalue weighted by atomic mass is 35.5. The van der Waals surface area contributed by atoms with Crippen molar-refractivity contribution in [3.05, 3.63) is 38.5 Å². The molecule has 0 spiro atoms. The fraction of sp³-hybridized carbons (Fsp3) is 0.476. The number of rotatable bonds is 4. The first kappa shape index (κ1) is 20.0. The summed E-state index contributed by atoms with van der Waals surface area (Å²) in [5.41, 5.74) is 2.79. The van der Waals surface area contributed by atoms with Crippen molar-refractivity contribution in [2.75, 3.05) is 19.5 Å². The van der Waals surface area contributed by atoms with Crippen LogP contribution in [0.15, 0.2) is 17.5 Å². The van der Waals surface area contributed by atoms with Crippen molar-refractivity contribution in [3.8, 4) is 11.5 Å². The summed E-state index contributed by atoms with van der Waals surface area (Å²) in [6.07, 6.45) is 3.12. The van der Waals surface area contributed by atoms with Crippen LogP contribution in [-0.4, -0.2) is 20.1 Å². The van der Waals surface area contributed by atoms with Crippen LogP contribution in [0, 0.1) is 11.3 Å². The average Bonchev–Trinajstić information content (AvgIpc) is 3.05. The lowest BCUT2D eigenvalue weighted by molar-refractivity contribution is 0.102. The van der Waals surface area contributed by atoms with Crippen LogP contribution in [0.3, 0.4) is 0 Å². The van der Waals surface area contributed by atoms with Crippen molar-refractivity contribution in [2.24, 2.45) is 11.3 Å². The summed E-state index contributed by atoms with van der Waals surface area (Å²) in [5.74, 6) is 1.53. The molecule has 1 aliphatic carbocycles. The number of nitrogens with one attached hydrogen (secondary N) is 1. The van der Waals surface area contributed by atoms with Gasteiger partial charge < -0.3 is 14.8 Å². The van der Waals surface area contributed by atoms with Gasteiger partial charge in [0.25, 0.3) is 5.91 Å². The Morgan fingerprint density at radius 3 is 2.56 bits per heavy atom. The fourth-order valence-corrected chi connectivity index (χ4v) is 4.98. The predicted molar refractivity (Wildman–Crippen MR) is 112 cm³/mol. The van der Waals surface area contributed by atoms with Crippen LogP contribution in [0.2, 0.25) is 5.02 Å². The van der Waals surface area contributed by atoms with Crippen molar-refractivity contribution >= 4 is 34.5 Å². The third-order valence-electron chi connectivity index (χ3n) is 5.35. The normalized spacial score (nSPS) is 16.6. The van der Waals surface area contributed by atoms with E-state index in [0.717, 1.165) is 24.8 Å². The topological polar surface area (TPSA) is 47.6 Å². The first-order chi connectivity index (χ1) is 12.7. The highest BCUT2D eigenvalue weighted by Gasteiger charge is 2.31. The van der Waals surface area contributed by atoms with E-state index in [-0.39, 0.29) is 11.3 Å². The number of amides is 1. The molecule has 1 atom stereocenters. The molecule has 1 unspecified atom stereocenters. The van der Waals surface area contributed by atoms with Gasteiger partial charge in [0, 0.05) is 22.4 Å². The van der Waals surface area contributed by atoms with Gasteiger partial charge >= 0.3 is 0 Å². The van der Waals surface area contributed by atoms with E-state index in [1.807, 2.05) is 5.38 Å². The van der Waals surface area contributed by atoms with E-state index in [9.17, 15) is 4.79 Å². The summed E-state index contributed by atoms with van der Waals surface area (Å²) in [6, 6.07) is 3.33. The number of fused-ring (bicyclic) bond motifs is 1. The second kappa shape index (κ2) is 7.72. The second-order valence-corrected chi connectivity index (χ2v) is 9.37. The van der Waals surface area contributed by atoms with E-state index in [2.05, 4.69) is 26.1 Å². The minimum Gasteiger partial charge on any atom is -0.495 e. The molecule has 1 aromatic heterocycles. The Morgan fingerprint density at radius 2 is 1.93 bits per heavy atom. The number of carbonyl (C=O) groups is 1. The molecular weight excluding hydrogens is 382 g/mol. The summed E-state index contributed by atoms with van der Waals surface area (Å²) in [7, 11) is 3.09. The number of carbonyl (C=O) groups excluding carboxylic acids is 1. The zero-order valence-electron chi connectivity index (χ0n) is 16.4. The van der Waals surface area contributed by atoms with Gasteiger partial charge in [-0.15, -0.1) is 11.3 Å². The number of hydrogen-bond donors (Lipinski definition) is 1. The molecule has 6 heteroatoms. The highest BCUT2D eigenvalue weighted by Crippen LogP contribution is 2.41. The highest BCUT2D eigenvalue weighted by molar-refractivity contribution is 7.10. The number of hydrogen-bond acceptors (Lipinski definition) is 4. The van der Waals surface area contributed by atoms with Gasteiger partial charge in [0.2, 0.25) is 0 Å². The van der Waals surface area contributed by atoms with E-state index in [1.165, 1.54) is 10.4 Å². The number of benzene rings is 1. The van der Waals surface area contributed by atoms with E-state index >= 15 is 0 Å². The smallest absolute Gasteiger partial charge is 0.256 e. The molecule has 1 heterocycles. The number of halogens is 1. The van der Waals surface area contributed by atoms with Crippen molar-refractivity contribution in [3.63, 3.8) is 0 Å². The lowest BCUT2D eigenvalue weighted by Crippen LogP contribution is -2.27. The third kappa shape index (κ3) is 4.09. The Bertz CT molecular complexity index is 854. The Balaban J connectivity index is 1.84. The van der Waals surface area contributed by atoms with Crippen LogP contribution < -0.4 is 14.8 Å². The Morgan fingerprint density at radius 1 is 1.22 bits per heavy atom. The first-order valence-corrected chi connectivity index (χ1v) is 10.3. The van der Waals surface area contributed by atoms with Gasteiger partial charge in [-0.3, -0.25) is 4.79 Å². The number of thiophene rings is 1. The lowest BCUT2D eigenvalue weighted by Gasteiger charge is -2.34. The van der Waals surface area contributed by atoms with Crippen LogP contribution >= 0.6 is 22.9 Å². The molecule has 1 amide bonds. The van der Waals surface area contributed by atoms with E-state index < -0.39 is 0 Å². The predicted octanol–water partition coefficient (Wildman–Crippen LogP) is 5.82. The molecule has 2 aromatic rings. The molecule has 1 aromatic carbocycles. The standard InChI is InChI=1S/C21H26ClNO3S/c1-21(2,3)12-6-7-13-14(11-27-19(13)8-12)20(24)23-16-10-17(25-4)15(22)9-18(16)26-5/h9-12H,6-8H2,1-5H3,(H,23,24). The summed E-state index contributed by atoms with van der Waals surface area (Å²) in [6.45, 7) is 6.89. The summed E-state index contributed by atoms with van der Waals surface area (Å²) < 4.78 is 10.6. The van der Waals surface area contributed by atoms with E-state index in [4.69, 9.17) is 21.1 Å². The maximum absolute atomic E-state index is 12.9. The molecule has 0 fully saturated rings. The molecule has 3 rings (SSSR count). The van der Waals surface area contributed by atoms with E-state index in [1.54, 1.807) is 37.7 Å². The average molecular weight is 408 g/mol. The molecule has 0 aliphatic heterocycles. The summed E-state index contributed by atoms with van der Waals surface area (Å²) in [4.78, 5) is 14.3. The molecule has 0 bridgehead atoms. The van der Waals surface area contributed by atoms with Crippen LogP contribution in [0.25, 0.3) is 0 Å². The summed E-state index contributed by atoms with van der Waals surface area (Å²) >= 11 is 7.84. The zero-order chi connectivity index (χ0) is 19.8. The summed E-state index contributed by atoms with van der Waals surface area (Å²) in [5, 5.41) is 5.38. The van der Waals surface area contributed by atoms with Crippen molar-refractivity contribution in [1.82, 2.24) is 0 Å². The Labute approximate surface area is 169 Å². The van der Waals surface area contributed by atoms with Gasteiger partial charge in [-0.1, -0.05) is 32.4 Å². The van der Waals surface area contributed by atoms with Gasteiger partial charge in [-0.2, -0.15) is 0 Å². The number of anilines is 1. The van der Waals surface area contributed by atoms with Crippen molar-refractivity contribution in [2.45, 2.75) is 40.0 Å². The monoisotopic (exact) mass is 407 g/mol. The molecule has 0 radical (unpaired) electrons. The molecule has 27 heavy (non-hydrogen) atoms. The second-order valence-electron chi connectivity index (χ2n) is 8.00. The van der Waals surface area contributed by atoms with Crippen molar-refractivity contribution in [1.29, 1.82) is 0 Å². The van der Waals surface area contributed by atoms with E-state index in [0.29, 0.717) is 28.1 Å². The van der Waals surface area contributed by atoms with Crippen LogP contribution in [0.1, 0.15) is 48.0 Å². The number of ether oxygens (including phenoxy) is 2. The maximum atomic E-state index is 12.9. The van der Waals surface area contributed by atoms with Crippen molar-refractivity contribution < 1.29 is 14.3 Å². The van der Waals surface area contributed by atoms with Gasteiger partial charge in [-0.05, 0) is 36.2 Å². The minimum absolute atomic E-state index is 0.121. The van der Waals surface area contributed by atoms with Crippen LogP contribution in [0.5, 0.6) is 11.5 Å². The first-order valence-electron chi connectivity index (χ1n) is 9.06. The third-order valence-corrected chi connectivity index (χ3v) is 6.69. The van der Waals surface area contributed by atoms with Crippen LogP contribution in [-0.2, 0) is 12.8 Å². The molecule has 0 saturated carbocycles. The molecule has 1 N–H and O–H groups in total. The van der Waals surface area contributed by atoms with Gasteiger partial charge in [-0.25, -0.2) is 0 Å². The minimum atomic E-state index is -0.121. The SMILES string of the molecule is COc1cc(NC(=O)c2csc3c2CCC(C(C)(C)C)C3)c(OC)cc1Cl. The quantitative estimate of drug-likeness (QED) is 0.694. The molecule has 0 saturated heterocycles. The van der Waals surface area contributed by atoms with Gasteiger partial charge in [0.15, 0.2) is 0 Å².